The van der Waals surface area contributed by atoms with E-state index in [1.54, 1.807) is 0 Å². The van der Waals surface area contributed by atoms with Crippen LogP contribution in [-0.4, -0.2) is 19.3 Å². The predicted molar refractivity (Wildman–Crippen MR) is 71.0 cm³/mol. The Hall–Kier alpha value is -0.860. The standard InChI is InChI=1S/C15H23NO/c1-12-5-2-3-6-14(12)9-13(11-16)10-15-7-4-8-17-15/h2-3,5-6,13,15H,4,7-11,16H2,1H3. The SMILES string of the molecule is Cc1ccccc1CC(CN)CC1CCCO1. The van der Waals surface area contributed by atoms with Gasteiger partial charge in [-0.15, -0.1) is 0 Å². The van der Waals surface area contributed by atoms with Gasteiger partial charge >= 0.3 is 0 Å². The van der Waals surface area contributed by atoms with E-state index in [1.165, 1.54) is 24.0 Å². The van der Waals surface area contributed by atoms with Gasteiger partial charge in [-0.1, -0.05) is 24.3 Å². The third-order valence-corrected chi connectivity index (χ3v) is 3.72. The molecule has 2 heteroatoms. The Morgan fingerprint density at radius 2 is 2.24 bits per heavy atom. The summed E-state index contributed by atoms with van der Waals surface area (Å²) in [5.41, 5.74) is 8.70. The van der Waals surface area contributed by atoms with Crippen molar-refractivity contribution in [1.82, 2.24) is 0 Å². The lowest BCUT2D eigenvalue weighted by molar-refractivity contribution is 0.0904. The van der Waals surface area contributed by atoms with Gasteiger partial charge < -0.3 is 10.5 Å². The predicted octanol–water partition coefficient (Wildman–Crippen LogP) is 2.68. The summed E-state index contributed by atoms with van der Waals surface area (Å²) in [4.78, 5) is 0. The molecule has 1 fully saturated rings. The molecule has 2 rings (SSSR count). The van der Waals surface area contributed by atoms with Crippen LogP contribution in [0.4, 0.5) is 0 Å². The molecule has 0 aliphatic carbocycles. The Morgan fingerprint density at radius 1 is 1.41 bits per heavy atom. The zero-order chi connectivity index (χ0) is 12.1. The number of aryl methyl sites for hydroxylation is 1. The van der Waals surface area contributed by atoms with Crippen LogP contribution in [0.5, 0.6) is 0 Å². The molecule has 2 nitrogen and oxygen atoms in total. The van der Waals surface area contributed by atoms with Crippen molar-refractivity contribution in [3.8, 4) is 0 Å². The van der Waals surface area contributed by atoms with E-state index < -0.39 is 0 Å². The van der Waals surface area contributed by atoms with Crippen molar-refractivity contribution in [2.45, 2.75) is 38.7 Å². The number of ether oxygens (including phenoxy) is 1. The van der Waals surface area contributed by atoms with Crippen molar-refractivity contribution in [2.24, 2.45) is 11.7 Å². The maximum atomic E-state index is 5.89. The second kappa shape index (κ2) is 6.18. The van der Waals surface area contributed by atoms with E-state index in [4.69, 9.17) is 10.5 Å². The summed E-state index contributed by atoms with van der Waals surface area (Å²) in [7, 11) is 0. The lowest BCUT2D eigenvalue weighted by atomic mass is 9.91. The van der Waals surface area contributed by atoms with Crippen LogP contribution in [0.1, 0.15) is 30.4 Å². The minimum atomic E-state index is 0.451. The molecule has 1 aromatic rings. The second-order valence-corrected chi connectivity index (χ2v) is 5.10. The average Bonchev–Trinajstić information content (AvgIpc) is 2.84. The van der Waals surface area contributed by atoms with Gasteiger partial charge in [0, 0.05) is 6.61 Å². The summed E-state index contributed by atoms with van der Waals surface area (Å²) in [6.07, 6.45) is 5.08. The van der Waals surface area contributed by atoms with Crippen molar-refractivity contribution in [3.63, 3.8) is 0 Å². The van der Waals surface area contributed by atoms with Gasteiger partial charge in [-0.05, 0) is 56.2 Å². The smallest absolute Gasteiger partial charge is 0.0579 e. The highest BCUT2D eigenvalue weighted by atomic mass is 16.5. The number of hydrogen-bond acceptors (Lipinski definition) is 2. The first kappa shape index (κ1) is 12.6. The zero-order valence-electron chi connectivity index (χ0n) is 10.7. The normalized spacial score (nSPS) is 21.6. The third-order valence-electron chi connectivity index (χ3n) is 3.72. The Bertz CT molecular complexity index is 345. The van der Waals surface area contributed by atoms with Crippen LogP contribution in [0.25, 0.3) is 0 Å². The molecule has 0 saturated carbocycles. The monoisotopic (exact) mass is 233 g/mol. The Balaban J connectivity index is 1.92. The highest BCUT2D eigenvalue weighted by Gasteiger charge is 2.20. The first-order chi connectivity index (χ1) is 8.29. The lowest BCUT2D eigenvalue weighted by Crippen LogP contribution is -2.22. The van der Waals surface area contributed by atoms with Crippen LogP contribution in [0, 0.1) is 12.8 Å². The number of nitrogens with two attached hydrogens (primary N) is 1. The fraction of sp³-hybridized carbons (Fsp3) is 0.600. The van der Waals surface area contributed by atoms with E-state index in [0.29, 0.717) is 12.0 Å². The summed E-state index contributed by atoms with van der Waals surface area (Å²) in [6, 6.07) is 8.60. The molecule has 2 N–H and O–H groups in total. The van der Waals surface area contributed by atoms with E-state index in [1.807, 2.05) is 0 Å². The highest BCUT2D eigenvalue weighted by Crippen LogP contribution is 2.22. The van der Waals surface area contributed by atoms with Crippen LogP contribution in [0.3, 0.4) is 0 Å². The molecule has 1 saturated heterocycles. The van der Waals surface area contributed by atoms with E-state index in [0.717, 1.165) is 26.0 Å². The average molecular weight is 233 g/mol. The molecule has 94 valence electrons. The molecule has 0 amide bonds. The minimum Gasteiger partial charge on any atom is -0.378 e. The molecule has 1 aliphatic rings. The maximum absolute atomic E-state index is 5.89. The first-order valence-corrected chi connectivity index (χ1v) is 6.65. The molecule has 0 spiro atoms. The third kappa shape index (κ3) is 3.55. The fourth-order valence-corrected chi connectivity index (χ4v) is 2.62. The molecule has 1 heterocycles. The molecular weight excluding hydrogens is 210 g/mol. The van der Waals surface area contributed by atoms with Gasteiger partial charge in [-0.3, -0.25) is 0 Å². The van der Waals surface area contributed by atoms with Crippen molar-refractivity contribution in [2.75, 3.05) is 13.2 Å². The Labute approximate surface area is 104 Å². The van der Waals surface area contributed by atoms with Crippen LogP contribution in [0.15, 0.2) is 24.3 Å². The van der Waals surface area contributed by atoms with Gasteiger partial charge in [0.2, 0.25) is 0 Å². The van der Waals surface area contributed by atoms with Crippen LogP contribution in [-0.2, 0) is 11.2 Å². The summed E-state index contributed by atoms with van der Waals surface area (Å²) < 4.78 is 5.70. The quantitative estimate of drug-likeness (QED) is 0.848. The molecule has 0 radical (unpaired) electrons. The van der Waals surface area contributed by atoms with Gasteiger partial charge in [0.15, 0.2) is 0 Å². The van der Waals surface area contributed by atoms with E-state index in [9.17, 15) is 0 Å². The fourth-order valence-electron chi connectivity index (χ4n) is 2.62. The summed E-state index contributed by atoms with van der Waals surface area (Å²) in [6.45, 7) is 3.87. The molecular formula is C15H23NO. The summed E-state index contributed by atoms with van der Waals surface area (Å²) in [5, 5.41) is 0. The highest BCUT2D eigenvalue weighted by molar-refractivity contribution is 5.25. The van der Waals surface area contributed by atoms with Crippen molar-refractivity contribution < 1.29 is 4.74 Å². The number of benzene rings is 1. The minimum absolute atomic E-state index is 0.451. The van der Waals surface area contributed by atoms with Gasteiger partial charge in [0.25, 0.3) is 0 Å². The van der Waals surface area contributed by atoms with Gasteiger partial charge in [0.05, 0.1) is 6.10 Å². The molecule has 17 heavy (non-hydrogen) atoms. The largest absolute Gasteiger partial charge is 0.378 e. The van der Waals surface area contributed by atoms with Crippen LogP contribution in [0.2, 0.25) is 0 Å². The van der Waals surface area contributed by atoms with E-state index in [2.05, 4.69) is 31.2 Å². The summed E-state index contributed by atoms with van der Waals surface area (Å²) >= 11 is 0. The molecule has 0 bridgehead atoms. The second-order valence-electron chi connectivity index (χ2n) is 5.10. The molecule has 1 aliphatic heterocycles. The van der Waals surface area contributed by atoms with Crippen molar-refractivity contribution in [3.05, 3.63) is 35.4 Å². The lowest BCUT2D eigenvalue weighted by Gasteiger charge is -2.19. The summed E-state index contributed by atoms with van der Waals surface area (Å²) in [5.74, 6) is 0.555. The molecule has 2 unspecified atom stereocenters. The number of hydrogen-bond donors (Lipinski definition) is 1. The van der Waals surface area contributed by atoms with Crippen LogP contribution >= 0.6 is 0 Å². The van der Waals surface area contributed by atoms with E-state index in [-0.39, 0.29) is 0 Å². The molecule has 2 atom stereocenters. The van der Waals surface area contributed by atoms with Crippen molar-refractivity contribution >= 4 is 0 Å². The molecule has 0 aromatic heterocycles. The zero-order valence-corrected chi connectivity index (χ0v) is 10.7. The Kier molecular flexibility index (Phi) is 4.57. The first-order valence-electron chi connectivity index (χ1n) is 6.65. The van der Waals surface area contributed by atoms with Crippen molar-refractivity contribution in [1.29, 1.82) is 0 Å². The van der Waals surface area contributed by atoms with Gasteiger partial charge in [-0.2, -0.15) is 0 Å². The maximum Gasteiger partial charge on any atom is 0.0579 e. The Morgan fingerprint density at radius 3 is 2.88 bits per heavy atom. The molecule has 1 aromatic carbocycles. The van der Waals surface area contributed by atoms with Gasteiger partial charge in [-0.25, -0.2) is 0 Å². The van der Waals surface area contributed by atoms with Gasteiger partial charge in [0.1, 0.15) is 0 Å². The topological polar surface area (TPSA) is 35.2 Å². The van der Waals surface area contributed by atoms with E-state index >= 15 is 0 Å². The van der Waals surface area contributed by atoms with Crippen LogP contribution < -0.4 is 5.73 Å². The number of rotatable bonds is 5.